The number of benzene rings is 1. The number of carbonyl (C=O) groups is 1. The number of hydrogen-bond acceptors (Lipinski definition) is 5. The number of H-pyrrole nitrogens is 1. The summed E-state index contributed by atoms with van der Waals surface area (Å²) in [7, 11) is 0. The van der Waals surface area contributed by atoms with Gasteiger partial charge in [-0.25, -0.2) is 5.10 Å². The molecule has 0 unspecified atom stereocenters. The summed E-state index contributed by atoms with van der Waals surface area (Å²) in [6, 6.07) is 5.36. The number of anilines is 1. The molecule has 0 spiro atoms. The van der Waals surface area contributed by atoms with E-state index in [0.717, 1.165) is 5.56 Å². The van der Waals surface area contributed by atoms with Gasteiger partial charge in [0.1, 0.15) is 5.75 Å². The van der Waals surface area contributed by atoms with Gasteiger partial charge in [0.05, 0.1) is 6.61 Å². The lowest BCUT2D eigenvalue weighted by atomic mass is 10.2. The Labute approximate surface area is 126 Å². The van der Waals surface area contributed by atoms with Gasteiger partial charge >= 0.3 is 6.01 Å². The molecule has 2 N–H and O–H groups in total. The highest BCUT2D eigenvalue weighted by Gasteiger charge is 2.09. The van der Waals surface area contributed by atoms with Gasteiger partial charge < -0.3 is 9.47 Å². The van der Waals surface area contributed by atoms with Crippen LogP contribution in [0.5, 0.6) is 11.8 Å². The van der Waals surface area contributed by atoms with Crippen LogP contribution >= 0.6 is 11.6 Å². The molecule has 1 heterocycles. The lowest BCUT2D eigenvalue weighted by Gasteiger charge is -2.07. The van der Waals surface area contributed by atoms with Crippen molar-refractivity contribution in [2.45, 2.75) is 13.8 Å². The smallest absolute Gasteiger partial charge is 0.337 e. The van der Waals surface area contributed by atoms with Crippen LogP contribution in [0.25, 0.3) is 0 Å². The third-order valence-corrected chi connectivity index (χ3v) is 2.92. The van der Waals surface area contributed by atoms with Gasteiger partial charge in [0.2, 0.25) is 5.95 Å². The highest BCUT2D eigenvalue weighted by atomic mass is 35.5. The molecule has 112 valence electrons. The quantitative estimate of drug-likeness (QED) is 0.853. The predicted molar refractivity (Wildman–Crippen MR) is 77.9 cm³/mol. The number of rotatable bonds is 6. The maximum absolute atomic E-state index is 11.7. The van der Waals surface area contributed by atoms with Crippen molar-refractivity contribution < 1.29 is 14.3 Å². The standard InChI is InChI=1S/C13H15ClN4O3/c1-3-20-13-16-12(17-18-13)15-11(19)7-21-9-4-5-10(14)8(2)6-9/h4-6H,3,7H2,1-2H3,(H2,15,16,17,18,19). The predicted octanol–water partition coefficient (Wildman–Crippen LogP) is 2.18. The molecule has 0 aliphatic carbocycles. The van der Waals surface area contributed by atoms with E-state index in [4.69, 9.17) is 21.1 Å². The van der Waals surface area contributed by atoms with Gasteiger partial charge in [-0.3, -0.25) is 10.1 Å². The number of nitrogens with one attached hydrogen (secondary N) is 2. The van der Waals surface area contributed by atoms with Gasteiger partial charge in [0.15, 0.2) is 6.61 Å². The van der Waals surface area contributed by atoms with E-state index in [1.807, 2.05) is 13.8 Å². The molecule has 0 aliphatic heterocycles. The summed E-state index contributed by atoms with van der Waals surface area (Å²) >= 11 is 5.91. The zero-order chi connectivity index (χ0) is 15.2. The summed E-state index contributed by atoms with van der Waals surface area (Å²) in [6.07, 6.45) is 0. The number of amides is 1. The Kier molecular flexibility index (Phi) is 4.99. The highest BCUT2D eigenvalue weighted by Crippen LogP contribution is 2.20. The van der Waals surface area contributed by atoms with Crippen LogP contribution in [0.15, 0.2) is 18.2 Å². The second-order valence-electron chi connectivity index (χ2n) is 4.15. The van der Waals surface area contributed by atoms with Crippen molar-refractivity contribution in [3.8, 4) is 11.8 Å². The fraction of sp³-hybridized carbons (Fsp3) is 0.308. The Balaban J connectivity index is 1.85. The maximum atomic E-state index is 11.7. The molecule has 2 rings (SSSR count). The topological polar surface area (TPSA) is 89.1 Å². The van der Waals surface area contributed by atoms with Crippen molar-refractivity contribution in [1.82, 2.24) is 15.2 Å². The molecular weight excluding hydrogens is 296 g/mol. The lowest BCUT2D eigenvalue weighted by Crippen LogP contribution is -2.20. The van der Waals surface area contributed by atoms with Crippen LogP contribution in [-0.4, -0.2) is 34.3 Å². The normalized spacial score (nSPS) is 10.2. The van der Waals surface area contributed by atoms with Crippen LogP contribution in [0.2, 0.25) is 5.02 Å². The van der Waals surface area contributed by atoms with Crippen LogP contribution in [-0.2, 0) is 4.79 Å². The second-order valence-corrected chi connectivity index (χ2v) is 4.55. The van der Waals surface area contributed by atoms with Gasteiger partial charge in [0.25, 0.3) is 5.91 Å². The molecule has 1 aromatic carbocycles. The largest absolute Gasteiger partial charge is 0.484 e. The Morgan fingerprint density at radius 2 is 2.24 bits per heavy atom. The number of halogens is 1. The van der Waals surface area contributed by atoms with Crippen molar-refractivity contribution in [1.29, 1.82) is 0 Å². The van der Waals surface area contributed by atoms with Gasteiger partial charge in [-0.05, 0) is 37.6 Å². The summed E-state index contributed by atoms with van der Waals surface area (Å²) in [6.45, 7) is 3.98. The Morgan fingerprint density at radius 1 is 1.43 bits per heavy atom. The average Bonchev–Trinajstić information content (AvgIpc) is 2.88. The molecule has 0 radical (unpaired) electrons. The molecule has 21 heavy (non-hydrogen) atoms. The van der Waals surface area contributed by atoms with Crippen molar-refractivity contribution in [3.05, 3.63) is 28.8 Å². The average molecular weight is 311 g/mol. The minimum Gasteiger partial charge on any atom is -0.484 e. The Hall–Kier alpha value is -2.28. The minimum atomic E-state index is -0.359. The van der Waals surface area contributed by atoms with Gasteiger partial charge in [-0.15, -0.1) is 5.10 Å². The van der Waals surface area contributed by atoms with E-state index in [-0.39, 0.29) is 24.5 Å². The lowest BCUT2D eigenvalue weighted by molar-refractivity contribution is -0.118. The molecule has 2 aromatic rings. The monoisotopic (exact) mass is 310 g/mol. The summed E-state index contributed by atoms with van der Waals surface area (Å²) in [5.41, 5.74) is 0.881. The molecule has 1 aromatic heterocycles. The van der Waals surface area contributed by atoms with Crippen LogP contribution in [0.1, 0.15) is 12.5 Å². The van der Waals surface area contributed by atoms with E-state index in [1.165, 1.54) is 0 Å². The van der Waals surface area contributed by atoms with Gasteiger partial charge in [0, 0.05) is 5.02 Å². The summed E-state index contributed by atoms with van der Waals surface area (Å²) in [5, 5.41) is 9.48. The van der Waals surface area contributed by atoms with E-state index < -0.39 is 0 Å². The molecule has 0 saturated carbocycles. The first-order valence-corrected chi connectivity index (χ1v) is 6.70. The molecular formula is C13H15ClN4O3. The molecule has 0 atom stereocenters. The first-order chi connectivity index (χ1) is 10.1. The first-order valence-electron chi connectivity index (χ1n) is 6.32. The second kappa shape index (κ2) is 6.94. The zero-order valence-corrected chi connectivity index (χ0v) is 12.4. The molecule has 0 aliphatic rings. The third-order valence-electron chi connectivity index (χ3n) is 2.50. The maximum Gasteiger partial charge on any atom is 0.337 e. The summed E-state index contributed by atoms with van der Waals surface area (Å²) in [4.78, 5) is 15.6. The SMILES string of the molecule is CCOc1n[nH]c(NC(=O)COc2ccc(Cl)c(C)c2)n1. The van der Waals surface area contributed by atoms with Crippen LogP contribution < -0.4 is 14.8 Å². The van der Waals surface area contributed by atoms with E-state index in [9.17, 15) is 4.79 Å². The van der Waals surface area contributed by atoms with Gasteiger partial charge in [-0.1, -0.05) is 11.6 Å². The number of ether oxygens (including phenoxy) is 2. The molecule has 1 amide bonds. The van der Waals surface area contributed by atoms with Crippen molar-refractivity contribution >= 4 is 23.5 Å². The van der Waals surface area contributed by atoms with Crippen molar-refractivity contribution in [2.24, 2.45) is 0 Å². The highest BCUT2D eigenvalue weighted by molar-refractivity contribution is 6.31. The number of aryl methyl sites for hydroxylation is 1. The zero-order valence-electron chi connectivity index (χ0n) is 11.6. The Morgan fingerprint density at radius 3 is 2.95 bits per heavy atom. The Bertz CT molecular complexity index is 630. The summed E-state index contributed by atoms with van der Waals surface area (Å²) < 4.78 is 10.4. The number of aromatic nitrogens is 3. The van der Waals surface area contributed by atoms with Crippen LogP contribution in [0, 0.1) is 6.92 Å². The minimum absolute atomic E-state index is 0.147. The molecule has 7 nitrogen and oxygen atoms in total. The molecule has 0 saturated heterocycles. The number of carbonyl (C=O) groups excluding carboxylic acids is 1. The van der Waals surface area contributed by atoms with Crippen LogP contribution in [0.4, 0.5) is 5.95 Å². The fourth-order valence-corrected chi connectivity index (χ4v) is 1.64. The van der Waals surface area contributed by atoms with Gasteiger partial charge in [-0.2, -0.15) is 4.98 Å². The number of nitrogens with zero attached hydrogens (tertiary/aromatic N) is 2. The summed E-state index contributed by atoms with van der Waals surface area (Å²) in [5.74, 6) is 0.417. The fourth-order valence-electron chi connectivity index (χ4n) is 1.52. The molecule has 0 bridgehead atoms. The van der Waals surface area contributed by atoms with E-state index in [2.05, 4.69) is 20.5 Å². The first kappa shape index (κ1) is 15.1. The van der Waals surface area contributed by atoms with E-state index in [0.29, 0.717) is 17.4 Å². The number of hydrogen-bond donors (Lipinski definition) is 2. The third kappa shape index (κ3) is 4.35. The van der Waals surface area contributed by atoms with Crippen molar-refractivity contribution in [2.75, 3.05) is 18.5 Å². The van der Waals surface area contributed by atoms with E-state index in [1.54, 1.807) is 18.2 Å². The molecule has 8 heteroatoms. The van der Waals surface area contributed by atoms with Crippen molar-refractivity contribution in [3.63, 3.8) is 0 Å². The van der Waals surface area contributed by atoms with E-state index >= 15 is 0 Å². The molecule has 0 fully saturated rings. The van der Waals surface area contributed by atoms with Crippen LogP contribution in [0.3, 0.4) is 0 Å². The number of aromatic amines is 1.